The van der Waals surface area contributed by atoms with Crippen LogP contribution in [0.2, 0.25) is 0 Å². The topological polar surface area (TPSA) is 64.0 Å². The first-order chi connectivity index (χ1) is 12.9. The van der Waals surface area contributed by atoms with Crippen molar-refractivity contribution in [3.63, 3.8) is 0 Å². The molecule has 4 rings (SSSR count). The third-order valence-electron chi connectivity index (χ3n) is 4.90. The van der Waals surface area contributed by atoms with E-state index < -0.39 is 0 Å². The molecule has 2 N–H and O–H groups in total. The Hall–Kier alpha value is -3.02. The number of rotatable bonds is 4. The molecule has 0 bridgehead atoms. The van der Waals surface area contributed by atoms with Gasteiger partial charge in [-0.3, -0.25) is 0 Å². The van der Waals surface area contributed by atoms with Gasteiger partial charge in [-0.2, -0.15) is 4.98 Å². The van der Waals surface area contributed by atoms with Gasteiger partial charge in [0, 0.05) is 41.5 Å². The fourth-order valence-corrected chi connectivity index (χ4v) is 3.92. The van der Waals surface area contributed by atoms with Gasteiger partial charge in [-0.25, -0.2) is 4.98 Å². The highest BCUT2D eigenvalue weighted by Crippen LogP contribution is 2.29. The van der Waals surface area contributed by atoms with E-state index in [0.29, 0.717) is 5.95 Å². The lowest BCUT2D eigenvalue weighted by atomic mass is 9.88. The largest absolute Gasteiger partial charge is 0.496 e. The fraction of sp³-hybridized carbons (Fsp3) is 0.333. The minimum Gasteiger partial charge on any atom is -0.496 e. The molecule has 3 aromatic rings. The van der Waals surface area contributed by atoms with Gasteiger partial charge in [-0.05, 0) is 44.5 Å². The van der Waals surface area contributed by atoms with E-state index in [9.17, 15) is 0 Å². The number of nitrogens with one attached hydrogen (secondary N) is 2. The normalized spacial score (nSPS) is 18.9. The summed E-state index contributed by atoms with van der Waals surface area (Å²) in [7, 11) is 1.69. The highest BCUT2D eigenvalue weighted by atomic mass is 16.5. The van der Waals surface area contributed by atoms with Gasteiger partial charge in [0.25, 0.3) is 0 Å². The summed E-state index contributed by atoms with van der Waals surface area (Å²) in [4.78, 5) is 9.16. The third kappa shape index (κ3) is 3.47. The minimum absolute atomic E-state index is 0.0117. The molecule has 0 radical (unpaired) electrons. The van der Waals surface area contributed by atoms with Crippen molar-refractivity contribution in [1.29, 1.82) is 0 Å². The van der Waals surface area contributed by atoms with Crippen molar-refractivity contribution in [1.82, 2.24) is 19.9 Å². The quantitative estimate of drug-likeness (QED) is 0.736. The Morgan fingerprint density at radius 3 is 2.93 bits per heavy atom. The second kappa shape index (κ2) is 6.61. The first-order valence-electron chi connectivity index (χ1n) is 9.15. The lowest BCUT2D eigenvalue weighted by molar-refractivity contribution is 0.324. The van der Waals surface area contributed by atoms with Gasteiger partial charge in [0.1, 0.15) is 11.6 Å². The molecule has 0 saturated carbocycles. The summed E-state index contributed by atoms with van der Waals surface area (Å²) >= 11 is 0. The number of nitrogens with zero attached hydrogens (tertiary/aromatic N) is 3. The molecule has 1 fully saturated rings. The van der Waals surface area contributed by atoms with E-state index in [4.69, 9.17) is 9.72 Å². The average molecular weight is 363 g/mol. The Balaban J connectivity index is 1.63. The molecule has 27 heavy (non-hydrogen) atoms. The monoisotopic (exact) mass is 363 g/mol. The number of fused-ring (bicyclic) bond motifs is 1. The smallest absolute Gasteiger partial charge is 0.224 e. The van der Waals surface area contributed by atoms with Crippen LogP contribution in [-0.2, 0) is 0 Å². The zero-order valence-corrected chi connectivity index (χ0v) is 16.0. The van der Waals surface area contributed by atoms with Crippen LogP contribution in [0.5, 0.6) is 5.75 Å². The van der Waals surface area contributed by atoms with Crippen LogP contribution in [0.1, 0.15) is 26.7 Å². The van der Waals surface area contributed by atoms with Crippen LogP contribution < -0.4 is 15.4 Å². The lowest BCUT2D eigenvalue weighted by Gasteiger charge is -2.38. The van der Waals surface area contributed by atoms with Gasteiger partial charge in [0.2, 0.25) is 5.95 Å². The van der Waals surface area contributed by atoms with E-state index in [2.05, 4.69) is 46.7 Å². The molecule has 0 spiro atoms. The summed E-state index contributed by atoms with van der Waals surface area (Å²) in [5.74, 6) is 2.31. The summed E-state index contributed by atoms with van der Waals surface area (Å²) in [6.07, 6.45) is 5.64. The maximum absolute atomic E-state index is 5.46. The molecule has 6 heteroatoms. The number of hydrogen-bond donors (Lipinski definition) is 2. The van der Waals surface area contributed by atoms with E-state index in [0.717, 1.165) is 41.0 Å². The number of anilines is 1. The molecule has 140 valence electrons. The number of aromatic nitrogens is 3. The molecule has 1 unspecified atom stereocenters. The molecule has 2 aromatic heterocycles. The number of benzene rings is 1. The number of ether oxygens (including phenoxy) is 1. The molecule has 0 amide bonds. The van der Waals surface area contributed by atoms with Gasteiger partial charge < -0.3 is 19.9 Å². The molecule has 1 saturated heterocycles. The lowest BCUT2D eigenvalue weighted by Crippen LogP contribution is -2.48. The van der Waals surface area contributed by atoms with Crippen LogP contribution in [0.4, 0.5) is 5.95 Å². The average Bonchev–Trinajstić information content (AvgIpc) is 3.04. The Kier molecular flexibility index (Phi) is 4.26. The zero-order chi connectivity index (χ0) is 19.0. The van der Waals surface area contributed by atoms with Crippen LogP contribution in [0, 0.1) is 0 Å². The Bertz CT molecular complexity index is 991. The first kappa shape index (κ1) is 17.4. The van der Waals surface area contributed by atoms with Crippen molar-refractivity contribution < 1.29 is 4.74 Å². The van der Waals surface area contributed by atoms with Gasteiger partial charge >= 0.3 is 0 Å². The first-order valence-corrected chi connectivity index (χ1v) is 9.15. The van der Waals surface area contributed by atoms with E-state index in [1.54, 1.807) is 13.3 Å². The second-order valence-corrected chi connectivity index (χ2v) is 7.68. The Morgan fingerprint density at radius 1 is 1.30 bits per heavy atom. The summed E-state index contributed by atoms with van der Waals surface area (Å²) in [5.41, 5.74) is 2.11. The summed E-state index contributed by atoms with van der Waals surface area (Å²) in [5, 5.41) is 7.98. The molecule has 3 heterocycles. The maximum Gasteiger partial charge on any atom is 0.224 e. The summed E-state index contributed by atoms with van der Waals surface area (Å²) in [6.45, 7) is 8.47. The Labute approximate surface area is 159 Å². The van der Waals surface area contributed by atoms with Crippen LogP contribution in [0.3, 0.4) is 0 Å². The number of hydrogen-bond acceptors (Lipinski definition) is 5. The van der Waals surface area contributed by atoms with Crippen molar-refractivity contribution in [2.24, 2.45) is 0 Å². The molecule has 1 aromatic carbocycles. The van der Waals surface area contributed by atoms with Gasteiger partial charge in [0.15, 0.2) is 0 Å². The molecular weight excluding hydrogens is 338 g/mol. The predicted octanol–water partition coefficient (Wildman–Crippen LogP) is 3.89. The van der Waals surface area contributed by atoms with E-state index in [1.807, 2.05) is 30.5 Å². The van der Waals surface area contributed by atoms with Crippen molar-refractivity contribution in [3.05, 3.63) is 55.0 Å². The predicted molar refractivity (Wildman–Crippen MR) is 108 cm³/mol. The van der Waals surface area contributed by atoms with E-state index in [-0.39, 0.29) is 11.6 Å². The van der Waals surface area contributed by atoms with Crippen LogP contribution in [0.15, 0.2) is 55.0 Å². The van der Waals surface area contributed by atoms with Crippen molar-refractivity contribution >= 4 is 16.9 Å². The molecule has 1 aliphatic heterocycles. The second-order valence-electron chi connectivity index (χ2n) is 7.68. The minimum atomic E-state index is 0.0117. The number of methoxy groups -OCH3 is 1. The molecule has 0 aliphatic carbocycles. The van der Waals surface area contributed by atoms with E-state index >= 15 is 0 Å². The molecule has 6 nitrogen and oxygen atoms in total. The molecular formula is C21H25N5O. The van der Waals surface area contributed by atoms with Crippen LogP contribution in [-0.4, -0.2) is 33.2 Å². The van der Waals surface area contributed by atoms with Crippen molar-refractivity contribution in [2.75, 3.05) is 12.4 Å². The maximum atomic E-state index is 5.46. The van der Waals surface area contributed by atoms with Crippen LogP contribution >= 0.6 is 0 Å². The van der Waals surface area contributed by atoms with Gasteiger partial charge in [0.05, 0.1) is 12.6 Å². The fourth-order valence-electron chi connectivity index (χ4n) is 3.92. The SMILES string of the molecule is C=C1CC(Nc2nccc(-n3ccc4c(OC)cccc43)n2)CC(C)(C)N1. The molecule has 1 aliphatic rings. The van der Waals surface area contributed by atoms with E-state index in [1.165, 1.54) is 0 Å². The number of piperidine rings is 1. The zero-order valence-electron chi connectivity index (χ0n) is 16.0. The van der Waals surface area contributed by atoms with Crippen molar-refractivity contribution in [3.8, 4) is 11.6 Å². The molecule has 1 atom stereocenters. The van der Waals surface area contributed by atoms with Gasteiger partial charge in [-0.15, -0.1) is 0 Å². The Morgan fingerprint density at radius 2 is 2.15 bits per heavy atom. The summed E-state index contributed by atoms with van der Waals surface area (Å²) in [6, 6.07) is 10.2. The summed E-state index contributed by atoms with van der Waals surface area (Å²) < 4.78 is 7.51. The third-order valence-corrected chi connectivity index (χ3v) is 4.90. The highest BCUT2D eigenvalue weighted by molar-refractivity contribution is 5.87. The standard InChI is InChI=1S/C21H25N5O/c1-14-12-15(13-21(2,3)25-14)23-20-22-10-8-19(24-20)26-11-9-16-17(26)6-5-7-18(16)27-4/h5-11,15,25H,1,12-13H2,2-4H3,(H,22,23,24). The van der Waals surface area contributed by atoms with Crippen molar-refractivity contribution in [2.45, 2.75) is 38.3 Å². The van der Waals surface area contributed by atoms with Crippen LogP contribution in [0.25, 0.3) is 16.7 Å². The highest BCUT2D eigenvalue weighted by Gasteiger charge is 2.29. The van der Waals surface area contributed by atoms with Gasteiger partial charge in [-0.1, -0.05) is 12.6 Å².